The number of nitrogens with zero attached hydrogens (tertiary/aromatic N) is 1. The highest BCUT2D eigenvalue weighted by Crippen LogP contribution is 2.21. The van der Waals surface area contributed by atoms with E-state index in [0.29, 0.717) is 37.2 Å². The Morgan fingerprint density at radius 3 is 2.40 bits per heavy atom. The molecule has 2 aromatic rings. The summed E-state index contributed by atoms with van der Waals surface area (Å²) in [6.45, 7) is 0.509. The maximum atomic E-state index is 12.4. The third-order valence-corrected chi connectivity index (χ3v) is 6.02. The van der Waals surface area contributed by atoms with Crippen molar-refractivity contribution in [3.8, 4) is 0 Å². The zero-order valence-corrected chi connectivity index (χ0v) is 19.4. The second kappa shape index (κ2) is 11.5. The molecule has 1 heterocycles. The van der Waals surface area contributed by atoms with Crippen molar-refractivity contribution in [2.24, 2.45) is 5.92 Å². The van der Waals surface area contributed by atoms with Crippen LogP contribution < -0.4 is 10.6 Å². The average molecular weight is 476 g/mol. The van der Waals surface area contributed by atoms with Crippen molar-refractivity contribution in [2.45, 2.75) is 31.7 Å². The molecule has 8 heteroatoms. The largest absolute Gasteiger partial charge is 0.455 e. The Hall–Kier alpha value is -3.94. The van der Waals surface area contributed by atoms with E-state index in [1.165, 1.54) is 0 Å². The maximum absolute atomic E-state index is 12.4. The summed E-state index contributed by atoms with van der Waals surface area (Å²) < 4.78 is 5.21. The average Bonchev–Trinajstić information content (AvgIpc) is 3.70. The number of hydrogen-bond donors (Lipinski definition) is 2. The molecule has 0 aromatic heterocycles. The predicted molar refractivity (Wildman–Crippen MR) is 131 cm³/mol. The summed E-state index contributed by atoms with van der Waals surface area (Å²) >= 11 is 0. The minimum absolute atomic E-state index is 0.0897. The predicted octanol–water partition coefficient (Wildman–Crippen LogP) is 3.01. The third-order valence-electron chi connectivity index (χ3n) is 6.02. The van der Waals surface area contributed by atoms with Gasteiger partial charge in [-0.1, -0.05) is 36.4 Å². The Labute approximate surface area is 204 Å². The number of esters is 1. The number of anilines is 1. The van der Waals surface area contributed by atoms with E-state index in [0.717, 1.165) is 18.4 Å². The highest BCUT2D eigenvalue weighted by atomic mass is 16.5. The van der Waals surface area contributed by atoms with Gasteiger partial charge in [0.05, 0.1) is 5.92 Å². The summed E-state index contributed by atoms with van der Waals surface area (Å²) in [6, 6.07) is 16.5. The van der Waals surface area contributed by atoms with Gasteiger partial charge in [0.15, 0.2) is 6.61 Å². The van der Waals surface area contributed by atoms with E-state index in [-0.39, 0.29) is 23.8 Å². The molecule has 0 bridgehead atoms. The van der Waals surface area contributed by atoms with Crippen molar-refractivity contribution >= 4 is 35.5 Å². The van der Waals surface area contributed by atoms with Gasteiger partial charge in [-0.05, 0) is 55.5 Å². The number of hydrogen-bond acceptors (Lipinski definition) is 5. The van der Waals surface area contributed by atoms with Crippen LogP contribution in [0.2, 0.25) is 0 Å². The lowest BCUT2D eigenvalue weighted by atomic mass is 9.97. The van der Waals surface area contributed by atoms with Gasteiger partial charge in [-0.25, -0.2) is 0 Å². The van der Waals surface area contributed by atoms with Crippen molar-refractivity contribution in [1.82, 2.24) is 10.2 Å². The minimum atomic E-state index is -0.475. The smallest absolute Gasteiger partial charge is 0.309 e. The van der Waals surface area contributed by atoms with Crippen molar-refractivity contribution in [2.75, 3.05) is 25.0 Å². The van der Waals surface area contributed by atoms with Crippen molar-refractivity contribution in [1.29, 1.82) is 0 Å². The molecule has 0 unspecified atom stereocenters. The third kappa shape index (κ3) is 7.27. The van der Waals surface area contributed by atoms with Gasteiger partial charge in [-0.2, -0.15) is 0 Å². The lowest BCUT2D eigenvalue weighted by Gasteiger charge is -2.30. The molecular weight excluding hydrogens is 446 g/mol. The maximum Gasteiger partial charge on any atom is 0.309 e. The Bertz CT molecular complexity index is 1100. The number of rotatable bonds is 8. The van der Waals surface area contributed by atoms with Gasteiger partial charge in [-0.3, -0.25) is 19.2 Å². The number of carbonyl (C=O) groups excluding carboxylic acids is 4. The van der Waals surface area contributed by atoms with Crippen LogP contribution in [0.25, 0.3) is 6.08 Å². The van der Waals surface area contributed by atoms with Gasteiger partial charge in [-0.15, -0.1) is 0 Å². The molecule has 8 nitrogen and oxygen atoms in total. The van der Waals surface area contributed by atoms with E-state index in [1.807, 2.05) is 30.3 Å². The first-order valence-electron chi connectivity index (χ1n) is 11.9. The van der Waals surface area contributed by atoms with Crippen molar-refractivity contribution in [3.63, 3.8) is 0 Å². The Balaban J connectivity index is 1.18. The minimum Gasteiger partial charge on any atom is -0.455 e. The zero-order chi connectivity index (χ0) is 24.6. The normalized spacial score (nSPS) is 16.1. The van der Waals surface area contributed by atoms with E-state index in [4.69, 9.17) is 4.74 Å². The summed E-state index contributed by atoms with van der Waals surface area (Å²) in [5.41, 5.74) is 1.88. The number of carbonyl (C=O) groups is 4. The highest BCUT2D eigenvalue weighted by Gasteiger charge is 2.28. The second-order valence-electron chi connectivity index (χ2n) is 8.83. The number of likely N-dealkylation sites (tertiary alicyclic amines) is 1. The van der Waals surface area contributed by atoms with E-state index < -0.39 is 18.5 Å². The first kappa shape index (κ1) is 24.2. The van der Waals surface area contributed by atoms with Crippen LogP contribution in [0.4, 0.5) is 5.69 Å². The quantitative estimate of drug-likeness (QED) is 0.451. The monoisotopic (exact) mass is 475 g/mol. The summed E-state index contributed by atoms with van der Waals surface area (Å²) in [4.78, 5) is 51.0. The lowest BCUT2D eigenvalue weighted by Crippen LogP contribution is -2.40. The van der Waals surface area contributed by atoms with Gasteiger partial charge in [0.1, 0.15) is 0 Å². The Morgan fingerprint density at radius 1 is 0.943 bits per heavy atom. The fraction of sp³-hybridized carbons (Fsp3) is 0.333. The first-order chi connectivity index (χ1) is 17.0. The SMILES string of the molecule is O=C(COC(=O)C1CCN(C(=O)/C=C/c2ccccc2)CC1)Nc1cccc(C(=O)NC2CC2)c1. The Morgan fingerprint density at radius 2 is 1.69 bits per heavy atom. The molecule has 182 valence electrons. The highest BCUT2D eigenvalue weighted by molar-refractivity contribution is 5.98. The molecule has 35 heavy (non-hydrogen) atoms. The van der Waals surface area contributed by atoms with Crippen LogP contribution in [0.1, 0.15) is 41.6 Å². The van der Waals surface area contributed by atoms with E-state index in [2.05, 4.69) is 10.6 Å². The van der Waals surface area contributed by atoms with Crippen LogP contribution >= 0.6 is 0 Å². The summed E-state index contributed by atoms with van der Waals surface area (Å²) in [5.74, 6) is -1.52. The van der Waals surface area contributed by atoms with Gasteiger partial charge in [0.2, 0.25) is 5.91 Å². The zero-order valence-electron chi connectivity index (χ0n) is 19.4. The van der Waals surface area contributed by atoms with Gasteiger partial charge >= 0.3 is 5.97 Å². The lowest BCUT2D eigenvalue weighted by molar-refractivity contribution is -0.153. The van der Waals surface area contributed by atoms with Crippen LogP contribution in [0, 0.1) is 5.92 Å². The van der Waals surface area contributed by atoms with Crippen molar-refractivity contribution in [3.05, 3.63) is 71.8 Å². The number of benzene rings is 2. The summed E-state index contributed by atoms with van der Waals surface area (Å²) in [6.07, 6.45) is 6.29. The molecule has 2 N–H and O–H groups in total. The molecule has 0 spiro atoms. The van der Waals surface area contributed by atoms with Crippen LogP contribution in [0.5, 0.6) is 0 Å². The number of piperidine rings is 1. The number of ether oxygens (including phenoxy) is 1. The molecule has 4 rings (SSSR count). The second-order valence-corrected chi connectivity index (χ2v) is 8.83. The van der Waals surface area contributed by atoms with E-state index in [9.17, 15) is 19.2 Å². The summed E-state index contributed by atoms with van der Waals surface area (Å²) in [5, 5.41) is 5.56. The molecule has 2 aromatic carbocycles. The molecular formula is C27H29N3O5. The van der Waals surface area contributed by atoms with Gasteiger partial charge < -0.3 is 20.3 Å². The van der Waals surface area contributed by atoms with Gasteiger partial charge in [0.25, 0.3) is 11.8 Å². The van der Waals surface area contributed by atoms with E-state index >= 15 is 0 Å². The standard InChI is InChI=1S/C27H29N3O5/c31-24(28-23-8-4-7-21(17-23)26(33)29-22-10-11-22)18-35-27(34)20-13-15-30(16-14-20)25(32)12-9-19-5-2-1-3-6-19/h1-9,12,17,20,22H,10-11,13-16,18H2,(H,28,31)(H,29,33)/b12-9+. The van der Waals surface area contributed by atoms with Crippen LogP contribution in [0.3, 0.4) is 0 Å². The molecule has 1 saturated carbocycles. The fourth-order valence-corrected chi connectivity index (χ4v) is 3.86. The first-order valence-corrected chi connectivity index (χ1v) is 11.9. The van der Waals surface area contributed by atoms with Crippen LogP contribution in [-0.2, 0) is 19.1 Å². The Kier molecular flexibility index (Phi) is 7.92. The number of amides is 3. The van der Waals surface area contributed by atoms with Gasteiger partial charge in [0, 0.05) is 36.5 Å². The van der Waals surface area contributed by atoms with Crippen molar-refractivity contribution < 1.29 is 23.9 Å². The molecule has 0 atom stereocenters. The van der Waals surface area contributed by atoms with E-state index in [1.54, 1.807) is 41.3 Å². The molecule has 1 aliphatic heterocycles. The summed E-state index contributed by atoms with van der Waals surface area (Å²) in [7, 11) is 0. The molecule has 1 aliphatic carbocycles. The molecule has 2 fully saturated rings. The fourth-order valence-electron chi connectivity index (χ4n) is 3.86. The molecule has 0 radical (unpaired) electrons. The molecule has 3 amide bonds. The van der Waals surface area contributed by atoms with Crippen LogP contribution in [-0.4, -0.2) is 54.3 Å². The topological polar surface area (TPSA) is 105 Å². The molecule has 2 aliphatic rings. The van der Waals surface area contributed by atoms with Crippen LogP contribution in [0.15, 0.2) is 60.7 Å². The molecule has 1 saturated heterocycles. The number of nitrogens with one attached hydrogen (secondary N) is 2.